The van der Waals surface area contributed by atoms with E-state index in [1.165, 1.54) is 11.1 Å². The minimum absolute atomic E-state index is 0.158. The van der Waals surface area contributed by atoms with Gasteiger partial charge in [-0.1, -0.05) is 12.1 Å². The number of hydrogen-bond acceptors (Lipinski definition) is 1. The van der Waals surface area contributed by atoms with Crippen molar-refractivity contribution in [3.8, 4) is 0 Å². The van der Waals surface area contributed by atoms with Crippen molar-refractivity contribution in [3.63, 3.8) is 0 Å². The summed E-state index contributed by atoms with van der Waals surface area (Å²) in [6.07, 6.45) is 4.08. The van der Waals surface area contributed by atoms with Crippen molar-refractivity contribution in [2.75, 3.05) is 0 Å². The highest BCUT2D eigenvalue weighted by atomic mass is 19.1. The largest absolute Gasteiger partial charge is 0.358 e. The van der Waals surface area contributed by atoms with Crippen molar-refractivity contribution < 1.29 is 9.18 Å². The van der Waals surface area contributed by atoms with Gasteiger partial charge in [-0.2, -0.15) is 0 Å². The summed E-state index contributed by atoms with van der Waals surface area (Å²) in [5.41, 5.74) is 5.43. The van der Waals surface area contributed by atoms with Gasteiger partial charge in [-0.3, -0.25) is 4.79 Å². The number of aryl methyl sites for hydroxylation is 2. The summed E-state index contributed by atoms with van der Waals surface area (Å²) < 4.78 is 13.3. The van der Waals surface area contributed by atoms with Gasteiger partial charge in [0.2, 0.25) is 0 Å². The molecule has 3 aromatic rings. The molecule has 2 atom stereocenters. The number of aromatic nitrogens is 1. The predicted molar refractivity (Wildman–Crippen MR) is 109 cm³/mol. The van der Waals surface area contributed by atoms with E-state index < -0.39 is 0 Å². The van der Waals surface area contributed by atoms with Crippen molar-refractivity contribution in [2.45, 2.75) is 57.5 Å². The molecule has 2 aliphatic heterocycles. The number of piperidine rings is 1. The summed E-state index contributed by atoms with van der Waals surface area (Å²) in [4.78, 5) is 18.9. The lowest BCUT2D eigenvalue weighted by atomic mass is 9.84. The molecule has 2 aliphatic rings. The van der Waals surface area contributed by atoms with Gasteiger partial charge in [0.25, 0.3) is 5.91 Å². The van der Waals surface area contributed by atoms with E-state index in [4.69, 9.17) is 0 Å². The Morgan fingerprint density at radius 1 is 1.04 bits per heavy atom. The van der Waals surface area contributed by atoms with Crippen LogP contribution in [0.1, 0.15) is 58.8 Å². The Morgan fingerprint density at radius 2 is 1.71 bits per heavy atom. The van der Waals surface area contributed by atoms with Crippen LogP contribution in [-0.4, -0.2) is 27.9 Å². The van der Waals surface area contributed by atoms with E-state index in [9.17, 15) is 9.18 Å². The van der Waals surface area contributed by atoms with Gasteiger partial charge >= 0.3 is 0 Å². The molecule has 2 fully saturated rings. The lowest BCUT2D eigenvalue weighted by Gasteiger charge is -2.39. The molecular weight excluding hydrogens is 351 g/mol. The van der Waals surface area contributed by atoms with E-state index >= 15 is 0 Å². The van der Waals surface area contributed by atoms with E-state index in [1.807, 2.05) is 30.3 Å². The molecule has 1 aromatic heterocycles. The van der Waals surface area contributed by atoms with Crippen molar-refractivity contribution in [1.29, 1.82) is 0 Å². The normalized spacial score (nSPS) is 24.1. The molecule has 5 rings (SSSR count). The van der Waals surface area contributed by atoms with E-state index in [2.05, 4.69) is 23.7 Å². The molecule has 3 heterocycles. The maximum atomic E-state index is 13.4. The first-order valence-corrected chi connectivity index (χ1v) is 10.2. The summed E-state index contributed by atoms with van der Waals surface area (Å²) in [7, 11) is 0. The van der Waals surface area contributed by atoms with Crippen LogP contribution >= 0.6 is 0 Å². The highest BCUT2D eigenvalue weighted by Crippen LogP contribution is 2.43. The second-order valence-electron chi connectivity index (χ2n) is 8.45. The molecule has 0 spiro atoms. The standard InChI is InChI=1S/C24H25FN2O/c1-14-15(2)26-23-10-5-17(13-22(14)23)24(28)27-20-8-9-21(27)12-18(11-20)16-3-6-19(25)7-4-16/h3-7,10,13,18,20-21,26H,8-9,11-12H2,1-2H3. The van der Waals surface area contributed by atoms with E-state index in [1.54, 1.807) is 12.1 Å². The SMILES string of the molecule is Cc1[nH]c2ccc(C(=O)N3C4CCC3CC(c3ccc(F)cc3)C4)cc2c1C. The molecule has 0 aliphatic carbocycles. The van der Waals surface area contributed by atoms with Gasteiger partial charge in [-0.25, -0.2) is 4.39 Å². The van der Waals surface area contributed by atoms with Gasteiger partial charge in [-0.05, 0) is 86.9 Å². The van der Waals surface area contributed by atoms with Crippen LogP contribution in [0, 0.1) is 19.7 Å². The Hall–Kier alpha value is -2.62. The fourth-order valence-corrected chi connectivity index (χ4v) is 5.26. The van der Waals surface area contributed by atoms with Crippen molar-refractivity contribution in [2.24, 2.45) is 0 Å². The number of nitrogens with zero attached hydrogens (tertiary/aromatic N) is 1. The Morgan fingerprint density at radius 3 is 2.39 bits per heavy atom. The number of nitrogens with one attached hydrogen (secondary N) is 1. The second-order valence-corrected chi connectivity index (χ2v) is 8.45. The number of H-pyrrole nitrogens is 1. The van der Waals surface area contributed by atoms with Crippen molar-refractivity contribution in [3.05, 3.63) is 70.7 Å². The molecule has 2 aromatic carbocycles. The minimum atomic E-state index is -0.190. The molecule has 2 saturated heterocycles. The Labute approximate surface area is 164 Å². The summed E-state index contributed by atoms with van der Waals surface area (Å²) >= 11 is 0. The maximum Gasteiger partial charge on any atom is 0.254 e. The number of benzene rings is 2. The van der Waals surface area contributed by atoms with Crippen LogP contribution in [0.2, 0.25) is 0 Å². The van der Waals surface area contributed by atoms with Crippen molar-refractivity contribution >= 4 is 16.8 Å². The fourth-order valence-electron chi connectivity index (χ4n) is 5.26. The third-order valence-electron chi connectivity index (χ3n) is 6.86. The third-order valence-corrected chi connectivity index (χ3v) is 6.86. The lowest BCUT2D eigenvalue weighted by Crippen LogP contribution is -2.46. The molecule has 2 bridgehead atoms. The van der Waals surface area contributed by atoms with E-state index in [0.29, 0.717) is 5.92 Å². The Kier molecular flexibility index (Phi) is 4.04. The van der Waals surface area contributed by atoms with Crippen LogP contribution in [0.25, 0.3) is 10.9 Å². The van der Waals surface area contributed by atoms with Crippen LogP contribution in [-0.2, 0) is 0 Å². The maximum absolute atomic E-state index is 13.4. The van der Waals surface area contributed by atoms with Crippen LogP contribution in [0.5, 0.6) is 0 Å². The number of halogens is 1. The van der Waals surface area contributed by atoms with Gasteiger partial charge in [0.05, 0.1) is 0 Å². The monoisotopic (exact) mass is 376 g/mol. The summed E-state index contributed by atoms with van der Waals surface area (Å²) in [6, 6.07) is 13.5. The molecule has 144 valence electrons. The molecule has 3 nitrogen and oxygen atoms in total. The van der Waals surface area contributed by atoms with Gasteiger partial charge in [0.15, 0.2) is 0 Å². The first-order chi connectivity index (χ1) is 13.5. The van der Waals surface area contributed by atoms with Crippen LogP contribution in [0.3, 0.4) is 0 Å². The minimum Gasteiger partial charge on any atom is -0.358 e. The van der Waals surface area contributed by atoms with Crippen molar-refractivity contribution in [1.82, 2.24) is 9.88 Å². The molecule has 28 heavy (non-hydrogen) atoms. The van der Waals surface area contributed by atoms with Gasteiger partial charge in [-0.15, -0.1) is 0 Å². The average Bonchev–Trinajstić information content (AvgIpc) is 3.13. The number of carbonyl (C=O) groups is 1. The van der Waals surface area contributed by atoms with Crippen LogP contribution in [0.4, 0.5) is 4.39 Å². The lowest BCUT2D eigenvalue weighted by molar-refractivity contribution is 0.0571. The first kappa shape index (κ1) is 17.5. The zero-order valence-corrected chi connectivity index (χ0v) is 16.3. The predicted octanol–water partition coefficient (Wildman–Crippen LogP) is 5.47. The van der Waals surface area contributed by atoms with E-state index in [-0.39, 0.29) is 23.8 Å². The van der Waals surface area contributed by atoms with E-state index in [0.717, 1.165) is 47.8 Å². The van der Waals surface area contributed by atoms with Gasteiger partial charge in [0.1, 0.15) is 5.82 Å². The highest BCUT2D eigenvalue weighted by molar-refractivity contribution is 5.99. The summed E-state index contributed by atoms with van der Waals surface area (Å²) in [5.74, 6) is 0.384. The number of amides is 1. The first-order valence-electron chi connectivity index (χ1n) is 10.2. The second kappa shape index (κ2) is 6.47. The molecule has 2 unspecified atom stereocenters. The Bertz CT molecular complexity index is 1040. The van der Waals surface area contributed by atoms with Crippen LogP contribution < -0.4 is 0 Å². The molecule has 4 heteroatoms. The van der Waals surface area contributed by atoms with Gasteiger partial charge in [0, 0.05) is 34.2 Å². The number of rotatable bonds is 2. The Balaban J connectivity index is 1.41. The smallest absolute Gasteiger partial charge is 0.254 e. The molecular formula is C24H25FN2O. The van der Waals surface area contributed by atoms with Crippen LogP contribution in [0.15, 0.2) is 42.5 Å². The third kappa shape index (κ3) is 2.74. The molecule has 1 amide bonds. The number of aromatic amines is 1. The fraction of sp³-hybridized carbons (Fsp3) is 0.375. The highest BCUT2D eigenvalue weighted by Gasteiger charge is 2.43. The topological polar surface area (TPSA) is 36.1 Å². The molecule has 0 saturated carbocycles. The summed E-state index contributed by atoms with van der Waals surface area (Å²) in [6.45, 7) is 4.16. The van der Waals surface area contributed by atoms with Gasteiger partial charge < -0.3 is 9.88 Å². The zero-order chi connectivity index (χ0) is 19.4. The number of fused-ring (bicyclic) bond motifs is 3. The number of carbonyl (C=O) groups excluding carboxylic acids is 1. The zero-order valence-electron chi connectivity index (χ0n) is 16.3. The molecule has 0 radical (unpaired) electrons. The molecule has 1 N–H and O–H groups in total. The summed E-state index contributed by atoms with van der Waals surface area (Å²) in [5, 5.41) is 1.14. The number of hydrogen-bond donors (Lipinski definition) is 1. The quantitative estimate of drug-likeness (QED) is 0.632. The average molecular weight is 376 g/mol.